The monoisotopic (exact) mass is 725 g/mol. The molecule has 8 aromatic carbocycles. The Morgan fingerprint density at radius 3 is 1.70 bits per heavy atom. The normalized spacial score (nSPS) is 11.9. The first kappa shape index (κ1) is 31.6. The van der Waals surface area contributed by atoms with Crippen molar-refractivity contribution in [1.82, 2.24) is 15.0 Å². The highest BCUT2D eigenvalue weighted by Crippen LogP contribution is 2.45. The Hall–Kier alpha value is -7.69. The molecule has 0 spiro atoms. The summed E-state index contributed by atoms with van der Waals surface area (Å²) in [4.78, 5) is 15.7. The van der Waals surface area contributed by atoms with Crippen LogP contribution in [0.3, 0.4) is 0 Å². The molecule has 0 saturated heterocycles. The Balaban J connectivity index is 1.06. The summed E-state index contributed by atoms with van der Waals surface area (Å²) in [6.07, 6.45) is 0. The SMILES string of the molecule is c1ccc(-c2ccc3ccc4ccc(-c5ccc(-c6cccc7oc8c(ccc9c(-c%10ccccc%10)nc%10ccccc%10c98)c67)c6ccccc56)nc4c3n2)cc1. The van der Waals surface area contributed by atoms with Crippen molar-refractivity contribution in [2.45, 2.75) is 0 Å². The third-order valence-electron chi connectivity index (χ3n) is 11.5. The molecule has 264 valence electrons. The summed E-state index contributed by atoms with van der Waals surface area (Å²) in [6.45, 7) is 0. The van der Waals surface area contributed by atoms with Crippen molar-refractivity contribution in [3.63, 3.8) is 0 Å². The fourth-order valence-electron chi connectivity index (χ4n) is 8.80. The van der Waals surface area contributed by atoms with Gasteiger partial charge in [-0.3, -0.25) is 0 Å². The van der Waals surface area contributed by atoms with E-state index in [2.05, 4.69) is 164 Å². The van der Waals surface area contributed by atoms with E-state index in [-0.39, 0.29) is 0 Å². The molecule has 0 aliphatic carbocycles. The second-order valence-electron chi connectivity index (χ2n) is 14.7. The minimum Gasteiger partial charge on any atom is -0.455 e. The largest absolute Gasteiger partial charge is 0.455 e. The summed E-state index contributed by atoms with van der Waals surface area (Å²) in [5, 5.41) is 9.85. The van der Waals surface area contributed by atoms with E-state index in [9.17, 15) is 0 Å². The van der Waals surface area contributed by atoms with Gasteiger partial charge in [-0.1, -0.05) is 158 Å². The van der Waals surface area contributed by atoms with Gasteiger partial charge in [-0.25, -0.2) is 15.0 Å². The molecule has 12 rings (SSSR count). The van der Waals surface area contributed by atoms with Crippen molar-refractivity contribution in [3.05, 3.63) is 188 Å². The van der Waals surface area contributed by atoms with E-state index in [4.69, 9.17) is 19.4 Å². The predicted molar refractivity (Wildman–Crippen MR) is 236 cm³/mol. The smallest absolute Gasteiger partial charge is 0.144 e. The van der Waals surface area contributed by atoms with Crippen LogP contribution in [0, 0.1) is 0 Å². The van der Waals surface area contributed by atoms with Gasteiger partial charge >= 0.3 is 0 Å². The number of para-hydroxylation sites is 1. The molecular weight excluding hydrogens is 695 g/mol. The predicted octanol–water partition coefficient (Wildman–Crippen LogP) is 14.2. The molecule has 0 unspecified atom stereocenters. The fourth-order valence-corrected chi connectivity index (χ4v) is 8.80. The van der Waals surface area contributed by atoms with Crippen LogP contribution in [0.5, 0.6) is 0 Å². The van der Waals surface area contributed by atoms with Crippen LogP contribution in [0.1, 0.15) is 0 Å². The summed E-state index contributed by atoms with van der Waals surface area (Å²) in [5.41, 5.74) is 12.8. The Bertz CT molecular complexity index is 3570. The van der Waals surface area contributed by atoms with Crippen LogP contribution in [0.4, 0.5) is 0 Å². The number of nitrogens with zero attached hydrogens (tertiary/aromatic N) is 3. The van der Waals surface area contributed by atoms with Crippen molar-refractivity contribution < 1.29 is 4.42 Å². The van der Waals surface area contributed by atoms with Crippen LogP contribution in [0.25, 0.3) is 121 Å². The van der Waals surface area contributed by atoms with Crippen LogP contribution < -0.4 is 0 Å². The van der Waals surface area contributed by atoms with Crippen LogP contribution in [-0.2, 0) is 0 Å². The Kier molecular flexibility index (Phi) is 6.89. The molecule has 0 amide bonds. The average Bonchev–Trinajstić information content (AvgIpc) is 3.68. The molecule has 4 heterocycles. The van der Waals surface area contributed by atoms with Crippen molar-refractivity contribution in [2.75, 3.05) is 0 Å². The number of fused-ring (bicyclic) bond motifs is 11. The summed E-state index contributed by atoms with van der Waals surface area (Å²) in [7, 11) is 0. The van der Waals surface area contributed by atoms with E-state index in [1.165, 1.54) is 0 Å². The van der Waals surface area contributed by atoms with E-state index in [1.807, 2.05) is 24.3 Å². The summed E-state index contributed by atoms with van der Waals surface area (Å²) in [5.74, 6) is 0. The Morgan fingerprint density at radius 1 is 0.333 bits per heavy atom. The fraction of sp³-hybridized carbons (Fsp3) is 0. The third-order valence-corrected chi connectivity index (χ3v) is 11.5. The summed E-state index contributed by atoms with van der Waals surface area (Å²) >= 11 is 0. The number of pyridine rings is 3. The lowest BCUT2D eigenvalue weighted by Gasteiger charge is -2.14. The molecule has 0 saturated carbocycles. The number of hydrogen-bond donors (Lipinski definition) is 0. The lowest BCUT2D eigenvalue weighted by atomic mass is 9.91. The molecule has 4 nitrogen and oxygen atoms in total. The zero-order valence-electron chi connectivity index (χ0n) is 30.6. The highest BCUT2D eigenvalue weighted by Gasteiger charge is 2.21. The quantitative estimate of drug-likeness (QED) is 0.170. The minimum atomic E-state index is 0.857. The third kappa shape index (κ3) is 4.91. The van der Waals surface area contributed by atoms with Gasteiger partial charge in [0, 0.05) is 54.4 Å². The zero-order chi connectivity index (χ0) is 37.5. The lowest BCUT2D eigenvalue weighted by molar-refractivity contribution is 0.673. The molecule has 0 N–H and O–H groups in total. The van der Waals surface area contributed by atoms with Crippen LogP contribution in [0.15, 0.2) is 192 Å². The molecule has 0 atom stereocenters. The maximum Gasteiger partial charge on any atom is 0.144 e. The molecule has 0 aliphatic heterocycles. The van der Waals surface area contributed by atoms with Gasteiger partial charge in [0.05, 0.1) is 33.6 Å². The van der Waals surface area contributed by atoms with E-state index in [0.29, 0.717) is 0 Å². The number of hydrogen-bond acceptors (Lipinski definition) is 4. The molecule has 0 radical (unpaired) electrons. The zero-order valence-corrected chi connectivity index (χ0v) is 30.6. The van der Waals surface area contributed by atoms with Crippen molar-refractivity contribution in [3.8, 4) is 44.9 Å². The molecule has 0 aliphatic rings. The first-order valence-corrected chi connectivity index (χ1v) is 19.3. The standard InChI is InChI=1S/C53H31N3O/c1-3-12-32(13-4-1)44-30-24-34-22-23-35-25-31-46(56-52(35)51(34)54-44)39-27-26-38(36-16-7-8-17-37(36)39)40-19-11-21-47-48(40)43-29-28-42-49(53(43)57-47)41-18-9-10-20-45(41)55-50(42)33-14-5-2-6-15-33/h1-31H. The van der Waals surface area contributed by atoms with Crippen LogP contribution in [-0.4, -0.2) is 15.0 Å². The van der Waals surface area contributed by atoms with E-state index >= 15 is 0 Å². The molecule has 0 bridgehead atoms. The number of furan rings is 1. The first-order chi connectivity index (χ1) is 28.3. The van der Waals surface area contributed by atoms with Gasteiger partial charge in [-0.05, 0) is 52.2 Å². The maximum absolute atomic E-state index is 6.90. The van der Waals surface area contributed by atoms with Gasteiger partial charge in [0.15, 0.2) is 0 Å². The topological polar surface area (TPSA) is 51.8 Å². The Labute approximate surface area is 327 Å². The molecule has 57 heavy (non-hydrogen) atoms. The van der Waals surface area contributed by atoms with Gasteiger partial charge in [0.25, 0.3) is 0 Å². The number of rotatable bonds is 4. The highest BCUT2D eigenvalue weighted by atomic mass is 16.3. The average molecular weight is 726 g/mol. The summed E-state index contributed by atoms with van der Waals surface area (Å²) < 4.78 is 6.90. The molecule has 12 aromatic rings. The summed E-state index contributed by atoms with van der Waals surface area (Å²) in [6, 6.07) is 65.9. The van der Waals surface area contributed by atoms with E-state index < -0.39 is 0 Å². The Morgan fingerprint density at radius 2 is 0.930 bits per heavy atom. The van der Waals surface area contributed by atoms with Gasteiger partial charge in [-0.2, -0.15) is 0 Å². The second-order valence-corrected chi connectivity index (χ2v) is 14.7. The van der Waals surface area contributed by atoms with Gasteiger partial charge < -0.3 is 4.42 Å². The van der Waals surface area contributed by atoms with E-state index in [0.717, 1.165) is 121 Å². The van der Waals surface area contributed by atoms with Crippen LogP contribution >= 0.6 is 0 Å². The van der Waals surface area contributed by atoms with Gasteiger partial charge in [0.1, 0.15) is 11.2 Å². The van der Waals surface area contributed by atoms with Gasteiger partial charge in [0.2, 0.25) is 0 Å². The molecule has 4 heteroatoms. The number of aromatic nitrogens is 3. The van der Waals surface area contributed by atoms with Gasteiger partial charge in [-0.15, -0.1) is 0 Å². The minimum absolute atomic E-state index is 0.857. The molecule has 4 aromatic heterocycles. The second kappa shape index (κ2) is 12.4. The van der Waals surface area contributed by atoms with E-state index in [1.54, 1.807) is 0 Å². The molecule has 0 fully saturated rings. The van der Waals surface area contributed by atoms with Crippen molar-refractivity contribution in [1.29, 1.82) is 0 Å². The number of benzene rings is 8. The van der Waals surface area contributed by atoms with Crippen molar-refractivity contribution in [2.24, 2.45) is 0 Å². The van der Waals surface area contributed by atoms with Crippen molar-refractivity contribution >= 4 is 76.2 Å². The van der Waals surface area contributed by atoms with Crippen LogP contribution in [0.2, 0.25) is 0 Å². The highest BCUT2D eigenvalue weighted by molar-refractivity contribution is 6.27. The molecular formula is C53H31N3O. The lowest BCUT2D eigenvalue weighted by Crippen LogP contribution is -1.92. The maximum atomic E-state index is 6.90. The first-order valence-electron chi connectivity index (χ1n) is 19.3.